The molecule has 1 unspecified atom stereocenters. The Morgan fingerprint density at radius 3 is 2.46 bits per heavy atom. The molecular formula is C21H30IN3O3. The lowest BCUT2D eigenvalue weighted by molar-refractivity contribution is 0.223. The molecule has 0 spiro atoms. The molecule has 28 heavy (non-hydrogen) atoms. The van der Waals surface area contributed by atoms with Crippen molar-refractivity contribution in [1.29, 1.82) is 0 Å². The summed E-state index contributed by atoms with van der Waals surface area (Å²) in [7, 11) is 5.03. The molecule has 0 aliphatic heterocycles. The number of hydrogen-bond acceptors (Lipinski definition) is 4. The summed E-state index contributed by atoms with van der Waals surface area (Å²) >= 11 is 0. The highest BCUT2D eigenvalue weighted by molar-refractivity contribution is 14.0. The molecule has 0 saturated heterocycles. The van der Waals surface area contributed by atoms with Gasteiger partial charge in [-0.15, -0.1) is 24.0 Å². The van der Waals surface area contributed by atoms with Crippen molar-refractivity contribution in [2.24, 2.45) is 4.99 Å². The summed E-state index contributed by atoms with van der Waals surface area (Å²) in [6, 6.07) is 13.8. The Kier molecular flexibility index (Phi) is 10.5. The van der Waals surface area contributed by atoms with Crippen molar-refractivity contribution in [2.75, 3.05) is 27.8 Å². The van der Waals surface area contributed by atoms with Crippen LogP contribution in [0.25, 0.3) is 0 Å². The van der Waals surface area contributed by atoms with E-state index in [-0.39, 0.29) is 30.1 Å². The number of aryl methyl sites for hydroxylation is 1. The van der Waals surface area contributed by atoms with Gasteiger partial charge in [0.1, 0.15) is 23.4 Å². The molecule has 1 atom stereocenters. The normalized spacial score (nSPS) is 11.8. The molecule has 0 amide bonds. The van der Waals surface area contributed by atoms with Crippen LogP contribution in [0.5, 0.6) is 17.2 Å². The second kappa shape index (κ2) is 12.3. The van der Waals surface area contributed by atoms with E-state index in [9.17, 15) is 0 Å². The standard InChI is InChI=1S/C21H29N3O3.HI/c1-15-7-6-8-19(11-15)27-16(2)13-23-21(22-3)24-14-17-9-10-18(25-4)12-20(17)26-5;/h6-12,16H,13-14H2,1-5H3,(H2,22,23,24);1H. The molecule has 154 valence electrons. The summed E-state index contributed by atoms with van der Waals surface area (Å²) in [6.45, 7) is 5.29. The first kappa shape index (κ1) is 23.9. The maximum Gasteiger partial charge on any atom is 0.191 e. The van der Waals surface area contributed by atoms with Gasteiger partial charge in [-0.3, -0.25) is 4.99 Å². The maximum absolute atomic E-state index is 5.94. The zero-order chi connectivity index (χ0) is 19.6. The van der Waals surface area contributed by atoms with Crippen LogP contribution in [0.3, 0.4) is 0 Å². The molecule has 2 rings (SSSR count). The van der Waals surface area contributed by atoms with E-state index in [1.165, 1.54) is 5.56 Å². The largest absolute Gasteiger partial charge is 0.497 e. The Morgan fingerprint density at radius 2 is 1.82 bits per heavy atom. The molecule has 2 aromatic carbocycles. The number of hydrogen-bond donors (Lipinski definition) is 2. The van der Waals surface area contributed by atoms with E-state index in [2.05, 4.69) is 28.6 Å². The van der Waals surface area contributed by atoms with Crippen LogP contribution in [0.15, 0.2) is 47.5 Å². The van der Waals surface area contributed by atoms with Gasteiger partial charge < -0.3 is 24.8 Å². The van der Waals surface area contributed by atoms with Crippen molar-refractivity contribution in [2.45, 2.75) is 26.5 Å². The quantitative estimate of drug-likeness (QED) is 0.329. The van der Waals surface area contributed by atoms with Crippen LogP contribution < -0.4 is 24.8 Å². The highest BCUT2D eigenvalue weighted by Gasteiger charge is 2.08. The fourth-order valence-electron chi connectivity index (χ4n) is 2.60. The molecule has 0 aromatic heterocycles. The van der Waals surface area contributed by atoms with E-state index in [1.54, 1.807) is 21.3 Å². The van der Waals surface area contributed by atoms with Gasteiger partial charge in [0.25, 0.3) is 0 Å². The number of nitrogens with one attached hydrogen (secondary N) is 2. The van der Waals surface area contributed by atoms with Crippen molar-refractivity contribution in [3.8, 4) is 17.2 Å². The molecule has 6 nitrogen and oxygen atoms in total. The third-order valence-corrected chi connectivity index (χ3v) is 4.05. The topological polar surface area (TPSA) is 64.1 Å². The number of aliphatic imine (C=N–C) groups is 1. The van der Waals surface area contributed by atoms with E-state index in [4.69, 9.17) is 14.2 Å². The van der Waals surface area contributed by atoms with Crippen molar-refractivity contribution in [3.63, 3.8) is 0 Å². The number of ether oxygens (including phenoxy) is 3. The van der Waals surface area contributed by atoms with Gasteiger partial charge in [-0.2, -0.15) is 0 Å². The first-order valence-electron chi connectivity index (χ1n) is 8.94. The van der Waals surface area contributed by atoms with Gasteiger partial charge in [0.2, 0.25) is 0 Å². The minimum atomic E-state index is 0. The smallest absolute Gasteiger partial charge is 0.191 e. The highest BCUT2D eigenvalue weighted by atomic mass is 127. The summed E-state index contributed by atoms with van der Waals surface area (Å²) in [5, 5.41) is 6.57. The van der Waals surface area contributed by atoms with Crippen molar-refractivity contribution in [3.05, 3.63) is 53.6 Å². The van der Waals surface area contributed by atoms with Gasteiger partial charge in [-0.25, -0.2) is 0 Å². The van der Waals surface area contributed by atoms with Gasteiger partial charge in [0, 0.05) is 25.2 Å². The number of nitrogens with zero attached hydrogens (tertiary/aromatic N) is 1. The van der Waals surface area contributed by atoms with Crippen LogP contribution >= 0.6 is 24.0 Å². The van der Waals surface area contributed by atoms with Crippen molar-refractivity contribution >= 4 is 29.9 Å². The second-order valence-electron chi connectivity index (χ2n) is 6.23. The zero-order valence-electron chi connectivity index (χ0n) is 17.1. The minimum absolute atomic E-state index is 0. The number of guanidine groups is 1. The predicted molar refractivity (Wildman–Crippen MR) is 124 cm³/mol. The number of methoxy groups -OCH3 is 2. The Bertz CT molecular complexity index is 768. The van der Waals surface area contributed by atoms with Crippen LogP contribution in [0, 0.1) is 6.92 Å². The van der Waals surface area contributed by atoms with E-state index in [0.717, 1.165) is 22.8 Å². The van der Waals surface area contributed by atoms with Gasteiger partial charge in [0.15, 0.2) is 5.96 Å². The average Bonchev–Trinajstić information content (AvgIpc) is 2.68. The molecule has 7 heteroatoms. The number of rotatable bonds is 8. The molecule has 0 aliphatic rings. The van der Waals surface area contributed by atoms with Gasteiger partial charge in [0.05, 0.1) is 20.8 Å². The molecule has 0 saturated carbocycles. The summed E-state index contributed by atoms with van der Waals surface area (Å²) in [6.07, 6.45) is 0.000808. The summed E-state index contributed by atoms with van der Waals surface area (Å²) in [5.74, 6) is 3.11. The Balaban J connectivity index is 0.00000392. The first-order valence-corrected chi connectivity index (χ1v) is 8.94. The fourth-order valence-corrected chi connectivity index (χ4v) is 2.60. The fraction of sp³-hybridized carbons (Fsp3) is 0.381. The lowest BCUT2D eigenvalue weighted by atomic mass is 10.2. The number of halogens is 1. The van der Waals surface area contributed by atoms with E-state index < -0.39 is 0 Å². The lowest BCUT2D eigenvalue weighted by Crippen LogP contribution is -2.41. The van der Waals surface area contributed by atoms with E-state index >= 15 is 0 Å². The SMILES string of the molecule is CN=C(NCc1ccc(OC)cc1OC)NCC(C)Oc1cccc(C)c1.I. The molecule has 0 bridgehead atoms. The average molecular weight is 499 g/mol. The highest BCUT2D eigenvalue weighted by Crippen LogP contribution is 2.24. The van der Waals surface area contributed by atoms with Gasteiger partial charge in [-0.1, -0.05) is 12.1 Å². The first-order chi connectivity index (χ1) is 13.0. The van der Waals surface area contributed by atoms with Gasteiger partial charge in [-0.05, 0) is 43.7 Å². The molecule has 2 aromatic rings. The van der Waals surface area contributed by atoms with Crippen molar-refractivity contribution < 1.29 is 14.2 Å². The summed E-state index contributed by atoms with van der Waals surface area (Å²) < 4.78 is 16.6. The number of benzene rings is 2. The van der Waals surface area contributed by atoms with Crippen LogP contribution in [0.4, 0.5) is 0 Å². The molecule has 0 aliphatic carbocycles. The molecule has 0 fully saturated rings. The molecule has 0 heterocycles. The maximum atomic E-state index is 5.94. The monoisotopic (exact) mass is 499 g/mol. The van der Waals surface area contributed by atoms with Crippen molar-refractivity contribution in [1.82, 2.24) is 10.6 Å². The third kappa shape index (κ3) is 7.46. The lowest BCUT2D eigenvalue weighted by Gasteiger charge is -2.18. The molecule has 2 N–H and O–H groups in total. The summed E-state index contributed by atoms with van der Waals surface area (Å²) in [4.78, 5) is 4.26. The van der Waals surface area contributed by atoms with E-state index in [1.807, 2.05) is 43.3 Å². The molecule has 0 radical (unpaired) electrons. The van der Waals surface area contributed by atoms with Crippen LogP contribution in [-0.2, 0) is 6.54 Å². The van der Waals surface area contributed by atoms with E-state index in [0.29, 0.717) is 19.0 Å². The summed E-state index contributed by atoms with van der Waals surface area (Å²) in [5.41, 5.74) is 2.20. The Hall–Kier alpha value is -2.16. The van der Waals surface area contributed by atoms with Gasteiger partial charge >= 0.3 is 0 Å². The second-order valence-corrected chi connectivity index (χ2v) is 6.23. The Labute approximate surface area is 184 Å². The third-order valence-electron chi connectivity index (χ3n) is 4.05. The Morgan fingerprint density at radius 1 is 1.04 bits per heavy atom. The van der Waals surface area contributed by atoms with Crippen LogP contribution in [0.1, 0.15) is 18.1 Å². The predicted octanol–water partition coefficient (Wildman–Crippen LogP) is 3.76. The van der Waals surface area contributed by atoms with Crippen LogP contribution in [-0.4, -0.2) is 39.9 Å². The van der Waals surface area contributed by atoms with Crippen LogP contribution in [0.2, 0.25) is 0 Å². The zero-order valence-corrected chi connectivity index (χ0v) is 19.4. The minimum Gasteiger partial charge on any atom is -0.497 e. The molecular weight excluding hydrogens is 469 g/mol.